The highest BCUT2D eigenvalue weighted by Gasteiger charge is 2.27. The van der Waals surface area contributed by atoms with Crippen molar-refractivity contribution in [3.05, 3.63) is 95.2 Å². The summed E-state index contributed by atoms with van der Waals surface area (Å²) in [6, 6.07) is 13.6. The molecule has 1 aliphatic rings. The average Bonchev–Trinajstić information content (AvgIpc) is 2.66. The van der Waals surface area contributed by atoms with Gasteiger partial charge in [0.2, 0.25) is 0 Å². The number of benzene rings is 2. The van der Waals surface area contributed by atoms with Gasteiger partial charge in [-0.25, -0.2) is 8.78 Å². The van der Waals surface area contributed by atoms with Gasteiger partial charge in [-0.15, -0.1) is 0 Å². The molecule has 0 amide bonds. The lowest BCUT2D eigenvalue weighted by molar-refractivity contribution is 0.504. The zero-order chi connectivity index (χ0) is 19.3. The second-order valence-corrected chi connectivity index (χ2v) is 5.74. The first kappa shape index (κ1) is 19.6. The van der Waals surface area contributed by atoms with Gasteiger partial charge in [0.05, 0.1) is 11.3 Å². The van der Waals surface area contributed by atoms with E-state index in [9.17, 15) is 8.78 Å². The molecule has 2 aromatic carbocycles. The molecule has 0 spiro atoms. The van der Waals surface area contributed by atoms with E-state index in [-0.39, 0.29) is 5.56 Å². The van der Waals surface area contributed by atoms with Crippen molar-refractivity contribution in [2.75, 3.05) is 6.54 Å². The smallest absolute Gasteiger partial charge is 0.135 e. The van der Waals surface area contributed by atoms with Crippen molar-refractivity contribution >= 4 is 11.3 Å². The molecular weight excluding hydrogens is 328 g/mol. The molecule has 26 heavy (non-hydrogen) atoms. The fourth-order valence-corrected chi connectivity index (χ4v) is 3.04. The van der Waals surface area contributed by atoms with Gasteiger partial charge in [-0.05, 0) is 43.2 Å². The fraction of sp³-hybridized carbons (Fsp3) is 0.217. The van der Waals surface area contributed by atoms with Gasteiger partial charge in [-0.1, -0.05) is 56.8 Å². The number of allylic oxidation sites excluding steroid dienone is 3. The van der Waals surface area contributed by atoms with Crippen molar-refractivity contribution < 1.29 is 8.78 Å². The highest BCUT2D eigenvalue weighted by atomic mass is 19.1. The third kappa shape index (κ3) is 3.62. The number of hydrogen-bond donors (Lipinski definition) is 0. The van der Waals surface area contributed by atoms with Crippen molar-refractivity contribution in [2.45, 2.75) is 27.7 Å². The molecule has 0 fully saturated rings. The highest BCUT2D eigenvalue weighted by molar-refractivity contribution is 5.97. The normalized spacial score (nSPS) is 14.0. The number of hydrogen-bond acceptors (Lipinski definition) is 1. The lowest BCUT2D eigenvalue weighted by atomic mass is 9.91. The van der Waals surface area contributed by atoms with Crippen molar-refractivity contribution in [1.29, 1.82) is 0 Å². The third-order valence-electron chi connectivity index (χ3n) is 4.27. The lowest BCUT2D eigenvalue weighted by Gasteiger charge is -2.34. The van der Waals surface area contributed by atoms with Gasteiger partial charge >= 0.3 is 0 Å². The zero-order valence-corrected chi connectivity index (χ0v) is 15.8. The summed E-state index contributed by atoms with van der Waals surface area (Å²) in [5.74, 6) is -1.14. The minimum Gasteiger partial charge on any atom is -0.341 e. The Labute approximate surface area is 155 Å². The van der Waals surface area contributed by atoms with Crippen molar-refractivity contribution in [3.8, 4) is 0 Å². The molecule has 2 aromatic rings. The molecule has 0 atom stereocenters. The van der Waals surface area contributed by atoms with E-state index in [2.05, 4.69) is 6.58 Å². The molecule has 136 valence electrons. The van der Waals surface area contributed by atoms with Crippen LogP contribution in [0.3, 0.4) is 0 Å². The maximum Gasteiger partial charge on any atom is 0.135 e. The Kier molecular flexibility index (Phi) is 6.51. The molecule has 1 aliphatic heterocycles. The molecule has 0 aliphatic carbocycles. The monoisotopic (exact) mass is 353 g/mol. The Balaban J connectivity index is 0.00000117. The minimum atomic E-state index is -0.572. The minimum absolute atomic E-state index is 0.0110. The third-order valence-corrected chi connectivity index (χ3v) is 4.27. The topological polar surface area (TPSA) is 3.24 Å². The van der Waals surface area contributed by atoms with E-state index in [1.54, 1.807) is 0 Å². The second-order valence-electron chi connectivity index (χ2n) is 5.74. The van der Waals surface area contributed by atoms with Crippen LogP contribution in [0.4, 0.5) is 8.78 Å². The van der Waals surface area contributed by atoms with Crippen LogP contribution >= 0.6 is 0 Å². The number of likely N-dealkylation sites (N-methyl/N-ethyl adjacent to an activating group) is 1. The van der Waals surface area contributed by atoms with Crippen LogP contribution in [0.1, 0.15) is 38.8 Å². The van der Waals surface area contributed by atoms with E-state index in [0.29, 0.717) is 12.2 Å². The summed E-state index contributed by atoms with van der Waals surface area (Å²) >= 11 is 0. The van der Waals surface area contributed by atoms with Gasteiger partial charge in [0.1, 0.15) is 11.6 Å². The summed E-state index contributed by atoms with van der Waals surface area (Å²) in [5.41, 5.74) is 3.97. The maximum atomic E-state index is 14.5. The predicted molar refractivity (Wildman–Crippen MR) is 106 cm³/mol. The van der Waals surface area contributed by atoms with Crippen molar-refractivity contribution in [2.24, 2.45) is 0 Å². The molecule has 0 saturated heterocycles. The summed E-state index contributed by atoms with van der Waals surface area (Å²) in [7, 11) is 0. The summed E-state index contributed by atoms with van der Waals surface area (Å²) < 4.78 is 29.0. The van der Waals surface area contributed by atoms with Crippen LogP contribution in [0.25, 0.3) is 11.3 Å². The van der Waals surface area contributed by atoms with E-state index in [4.69, 9.17) is 0 Å². The summed E-state index contributed by atoms with van der Waals surface area (Å²) in [6.45, 7) is 12.6. The summed E-state index contributed by atoms with van der Waals surface area (Å²) in [6.07, 6.45) is 1.95. The van der Waals surface area contributed by atoms with Gasteiger partial charge < -0.3 is 4.90 Å². The van der Waals surface area contributed by atoms with Crippen molar-refractivity contribution in [1.82, 2.24) is 4.90 Å². The number of rotatable bonds is 3. The molecule has 0 bridgehead atoms. The van der Waals surface area contributed by atoms with Crippen LogP contribution < -0.4 is 0 Å². The first-order valence-corrected chi connectivity index (χ1v) is 8.93. The Bertz CT molecular complexity index is 828. The molecule has 0 N–H and O–H groups in total. The predicted octanol–water partition coefficient (Wildman–Crippen LogP) is 6.65. The molecule has 0 radical (unpaired) electrons. The van der Waals surface area contributed by atoms with Crippen LogP contribution in [0.5, 0.6) is 0 Å². The second kappa shape index (κ2) is 8.61. The summed E-state index contributed by atoms with van der Waals surface area (Å²) in [4.78, 5) is 1.87. The van der Waals surface area contributed by atoms with Gasteiger partial charge in [0, 0.05) is 17.8 Å². The van der Waals surface area contributed by atoms with Crippen LogP contribution in [0.15, 0.2) is 72.5 Å². The standard InChI is InChI=1S/C21H19F2N.C2H6/c1-4-24-15(3)14(2)13-17(16-9-6-5-7-10-16)21(24)20-18(22)11-8-12-19(20)23;1-2/h5-13H,3-4H2,1-2H3;1-2H3. The van der Waals surface area contributed by atoms with Gasteiger partial charge in [-0.3, -0.25) is 0 Å². The van der Waals surface area contributed by atoms with Gasteiger partial charge in [0.15, 0.2) is 0 Å². The van der Waals surface area contributed by atoms with Gasteiger partial charge in [-0.2, -0.15) is 0 Å². The Morgan fingerprint density at radius 2 is 1.50 bits per heavy atom. The highest BCUT2D eigenvalue weighted by Crippen LogP contribution is 2.40. The van der Waals surface area contributed by atoms with E-state index >= 15 is 0 Å². The molecule has 0 saturated carbocycles. The maximum absolute atomic E-state index is 14.5. The van der Waals surface area contributed by atoms with Crippen LogP contribution in [-0.4, -0.2) is 11.4 Å². The van der Waals surface area contributed by atoms with Crippen LogP contribution in [0, 0.1) is 11.6 Å². The van der Waals surface area contributed by atoms with Crippen LogP contribution in [0.2, 0.25) is 0 Å². The zero-order valence-electron chi connectivity index (χ0n) is 15.8. The Morgan fingerprint density at radius 3 is 2.04 bits per heavy atom. The van der Waals surface area contributed by atoms with Crippen molar-refractivity contribution in [3.63, 3.8) is 0 Å². The molecule has 3 heteroatoms. The first-order valence-electron chi connectivity index (χ1n) is 8.93. The summed E-state index contributed by atoms with van der Waals surface area (Å²) in [5, 5.41) is 0. The molecule has 1 nitrogen and oxygen atoms in total. The average molecular weight is 353 g/mol. The first-order chi connectivity index (χ1) is 12.5. The van der Waals surface area contributed by atoms with Gasteiger partial charge in [0.25, 0.3) is 0 Å². The molecule has 3 rings (SSSR count). The van der Waals surface area contributed by atoms with Crippen LogP contribution in [-0.2, 0) is 0 Å². The largest absolute Gasteiger partial charge is 0.341 e. The lowest BCUT2D eigenvalue weighted by Crippen LogP contribution is -2.26. The SMILES string of the molecule is C=C1C(C)=CC(c2ccccc2)=C(c2c(F)cccc2F)N1CC.CC. The Morgan fingerprint density at radius 1 is 0.923 bits per heavy atom. The van der Waals surface area contributed by atoms with E-state index in [0.717, 1.165) is 22.4 Å². The quantitative estimate of drug-likeness (QED) is 0.597. The molecule has 0 aromatic heterocycles. The van der Waals surface area contributed by atoms with E-state index < -0.39 is 11.6 Å². The fourth-order valence-electron chi connectivity index (χ4n) is 3.04. The van der Waals surface area contributed by atoms with E-state index in [1.807, 2.05) is 69.0 Å². The van der Waals surface area contributed by atoms with E-state index in [1.165, 1.54) is 18.2 Å². The number of nitrogens with zero attached hydrogens (tertiary/aromatic N) is 1. The molecule has 1 heterocycles. The Hall–Kier alpha value is -2.68. The molecular formula is C23H25F2N. The molecule has 0 unspecified atom stereocenters. The number of halogens is 2.